The summed E-state index contributed by atoms with van der Waals surface area (Å²) in [7, 11) is 0. The number of ether oxygens (including phenoxy) is 5. The second-order valence-corrected chi connectivity index (χ2v) is 10.4. The summed E-state index contributed by atoms with van der Waals surface area (Å²) < 4.78 is 27.1. The van der Waals surface area contributed by atoms with Gasteiger partial charge in [0.2, 0.25) is 5.91 Å². The van der Waals surface area contributed by atoms with Gasteiger partial charge in [-0.3, -0.25) is 4.79 Å². The van der Waals surface area contributed by atoms with Crippen molar-refractivity contribution in [2.24, 2.45) is 0 Å². The average molecular weight is 618 g/mol. The van der Waals surface area contributed by atoms with Gasteiger partial charge < -0.3 is 85.2 Å². The van der Waals surface area contributed by atoms with E-state index in [0.717, 1.165) is 6.92 Å². The lowest BCUT2D eigenvalue weighted by Crippen LogP contribution is -2.68. The Labute approximate surface area is 238 Å². The van der Waals surface area contributed by atoms with Gasteiger partial charge in [-0.15, -0.1) is 0 Å². The molecule has 3 heterocycles. The summed E-state index contributed by atoms with van der Waals surface area (Å²) >= 11 is 0. The van der Waals surface area contributed by atoms with Gasteiger partial charge in [0.1, 0.15) is 67.1 Å². The number of carboxylic acids is 1. The van der Waals surface area contributed by atoms with Crippen molar-refractivity contribution in [2.75, 3.05) is 26.4 Å². The fourth-order valence-electron chi connectivity index (χ4n) is 4.99. The molecule has 0 aromatic heterocycles. The summed E-state index contributed by atoms with van der Waals surface area (Å²) in [5.41, 5.74) is 0. The van der Waals surface area contributed by atoms with Crippen molar-refractivity contribution in [3.63, 3.8) is 0 Å². The van der Waals surface area contributed by atoms with Crippen molar-refractivity contribution < 1.29 is 89.4 Å². The molecule has 19 nitrogen and oxygen atoms in total. The predicted octanol–water partition coefficient (Wildman–Crippen LogP) is -7.54. The second-order valence-electron chi connectivity index (χ2n) is 10.4. The lowest BCUT2D eigenvalue weighted by molar-refractivity contribution is -0.353. The monoisotopic (exact) mass is 617 g/mol. The van der Waals surface area contributed by atoms with E-state index in [1.165, 1.54) is 0 Å². The summed E-state index contributed by atoms with van der Waals surface area (Å²) in [6, 6.07) is -1.46. The molecule has 0 aromatic carbocycles. The Balaban J connectivity index is 1.81. The Morgan fingerprint density at radius 1 is 0.976 bits per heavy atom. The van der Waals surface area contributed by atoms with Gasteiger partial charge in [0, 0.05) is 13.3 Å². The lowest BCUT2D eigenvalue weighted by atomic mass is 9.88. The number of rotatable bonds is 11. The van der Waals surface area contributed by atoms with Crippen LogP contribution >= 0.6 is 0 Å². The minimum absolute atomic E-state index is 0.338. The number of aliphatic hydroxyl groups excluding tert-OH is 10. The van der Waals surface area contributed by atoms with E-state index in [0.29, 0.717) is 0 Å². The Morgan fingerprint density at radius 2 is 1.64 bits per heavy atom. The highest BCUT2D eigenvalue weighted by atomic mass is 16.8. The zero-order valence-corrected chi connectivity index (χ0v) is 22.4. The van der Waals surface area contributed by atoms with Crippen LogP contribution in [0.2, 0.25) is 0 Å². The quantitative estimate of drug-likeness (QED) is 0.102. The van der Waals surface area contributed by atoms with E-state index >= 15 is 0 Å². The van der Waals surface area contributed by atoms with E-state index < -0.39 is 129 Å². The molecule has 3 saturated heterocycles. The zero-order valence-electron chi connectivity index (χ0n) is 22.4. The molecule has 0 aliphatic carbocycles. The molecule has 0 spiro atoms. The lowest BCUT2D eigenvalue weighted by Gasteiger charge is -2.47. The van der Waals surface area contributed by atoms with Crippen LogP contribution in [0.15, 0.2) is 0 Å². The van der Waals surface area contributed by atoms with Crippen LogP contribution in [-0.4, -0.2) is 186 Å². The Hall–Kier alpha value is -1.66. The van der Waals surface area contributed by atoms with Gasteiger partial charge in [-0.1, -0.05) is 0 Å². The number of hydrogen-bond donors (Lipinski definition) is 12. The molecular weight excluding hydrogens is 578 g/mol. The maximum absolute atomic E-state index is 12.3. The summed E-state index contributed by atoms with van der Waals surface area (Å²) in [5.74, 6) is -5.35. The summed E-state index contributed by atoms with van der Waals surface area (Å²) in [6.07, 6.45) is -23.4. The summed E-state index contributed by atoms with van der Waals surface area (Å²) in [4.78, 5) is 24.0. The van der Waals surface area contributed by atoms with Crippen LogP contribution in [0.3, 0.4) is 0 Å². The third-order valence-electron chi connectivity index (χ3n) is 7.39. The van der Waals surface area contributed by atoms with Gasteiger partial charge in [0.05, 0.1) is 38.6 Å². The predicted molar refractivity (Wildman–Crippen MR) is 129 cm³/mol. The Kier molecular flexibility index (Phi) is 12.0. The number of nitrogens with one attached hydrogen (secondary N) is 1. The number of carbonyl (C=O) groups excluding carboxylic acids is 1. The number of aliphatic hydroxyl groups is 10. The largest absolute Gasteiger partial charge is 0.477 e. The number of hydrogen-bond acceptors (Lipinski definition) is 17. The maximum atomic E-state index is 12.3. The third-order valence-corrected chi connectivity index (χ3v) is 7.39. The second kappa shape index (κ2) is 14.4. The summed E-state index contributed by atoms with van der Waals surface area (Å²) in [6.45, 7) is -1.86. The molecule has 3 aliphatic rings. The van der Waals surface area contributed by atoms with Crippen LogP contribution in [-0.2, 0) is 33.3 Å². The molecule has 3 fully saturated rings. The van der Waals surface area contributed by atoms with E-state index in [2.05, 4.69) is 5.32 Å². The van der Waals surface area contributed by atoms with Crippen LogP contribution in [0.5, 0.6) is 0 Å². The summed E-state index contributed by atoms with van der Waals surface area (Å²) in [5, 5.41) is 114. The molecule has 15 atom stereocenters. The molecule has 8 unspecified atom stereocenters. The van der Waals surface area contributed by atoms with Gasteiger partial charge in [0.25, 0.3) is 5.79 Å². The van der Waals surface area contributed by atoms with Crippen LogP contribution < -0.4 is 5.32 Å². The fourth-order valence-corrected chi connectivity index (χ4v) is 4.99. The van der Waals surface area contributed by atoms with Crippen LogP contribution in [0, 0.1) is 0 Å². The van der Waals surface area contributed by atoms with Crippen LogP contribution in [0.1, 0.15) is 13.3 Å². The number of carboxylic acid groups (broad SMARTS) is 1. The van der Waals surface area contributed by atoms with Crippen molar-refractivity contribution in [3.05, 3.63) is 0 Å². The molecule has 0 bridgehead atoms. The first-order chi connectivity index (χ1) is 19.7. The maximum Gasteiger partial charge on any atom is 0.364 e. The highest BCUT2D eigenvalue weighted by Crippen LogP contribution is 2.35. The molecule has 0 radical (unpaired) electrons. The van der Waals surface area contributed by atoms with E-state index in [-0.39, 0.29) is 6.61 Å². The molecular formula is C23H39NO18. The van der Waals surface area contributed by atoms with E-state index in [1.54, 1.807) is 0 Å². The minimum atomic E-state index is -2.80. The van der Waals surface area contributed by atoms with Crippen molar-refractivity contribution in [2.45, 2.75) is 105 Å². The van der Waals surface area contributed by atoms with Gasteiger partial charge in [-0.2, -0.15) is 0 Å². The smallest absolute Gasteiger partial charge is 0.364 e. The highest BCUT2D eigenvalue weighted by molar-refractivity contribution is 5.76. The first-order valence-electron chi connectivity index (χ1n) is 13.1. The molecule has 12 N–H and O–H groups in total. The van der Waals surface area contributed by atoms with E-state index in [4.69, 9.17) is 23.7 Å². The molecule has 3 aliphatic heterocycles. The molecule has 244 valence electrons. The molecule has 0 saturated carbocycles. The molecule has 0 aromatic rings. The SMILES string of the molecule is CC(=O)N[C@@H]1C(O)C[C@](OCC2O[C@@H](O[C@@H]3C(CO)OCC(O)C3O)C(O)C(O)[C@H]2O)(C(=O)O)OC1[C@H](O)[C@H](O)CO. The van der Waals surface area contributed by atoms with E-state index in [9.17, 15) is 65.8 Å². The van der Waals surface area contributed by atoms with Crippen molar-refractivity contribution >= 4 is 11.9 Å². The topological polar surface area (TPSA) is 315 Å². The molecule has 3 rings (SSSR count). The third kappa shape index (κ3) is 7.34. The van der Waals surface area contributed by atoms with Crippen LogP contribution in [0.25, 0.3) is 0 Å². The van der Waals surface area contributed by atoms with Crippen molar-refractivity contribution in [1.29, 1.82) is 0 Å². The minimum Gasteiger partial charge on any atom is -0.477 e. The first kappa shape index (κ1) is 34.8. The molecule has 19 heteroatoms. The fraction of sp³-hybridized carbons (Fsp3) is 0.913. The average Bonchev–Trinajstić information content (AvgIpc) is 2.95. The molecule has 42 heavy (non-hydrogen) atoms. The highest BCUT2D eigenvalue weighted by Gasteiger charge is 2.57. The Bertz CT molecular complexity index is 911. The van der Waals surface area contributed by atoms with Gasteiger partial charge >= 0.3 is 5.97 Å². The van der Waals surface area contributed by atoms with Crippen LogP contribution in [0.4, 0.5) is 0 Å². The van der Waals surface area contributed by atoms with Crippen molar-refractivity contribution in [3.8, 4) is 0 Å². The van der Waals surface area contributed by atoms with Gasteiger partial charge in [0.15, 0.2) is 6.29 Å². The standard InChI is InChI=1S/C23H39NO18/c1-7(27)24-13-8(28)2-23(22(36)37,42-20(13)14(31)9(29)3-25)39-6-12-16(33)17(34)18(35)21(40-12)41-19-11(4-26)38-5-10(30)15(19)32/h8-21,25-26,28-35H,2-6H2,1H3,(H,24,27)(H,36,37)/t8?,9-,10?,11?,12?,13-,14-,15?,16+,17?,18?,19-,20?,21+,23-/m1/s1. The van der Waals surface area contributed by atoms with Crippen molar-refractivity contribution in [1.82, 2.24) is 5.32 Å². The Morgan fingerprint density at radius 3 is 2.21 bits per heavy atom. The number of aliphatic carboxylic acids is 1. The van der Waals surface area contributed by atoms with Gasteiger partial charge in [-0.05, 0) is 0 Å². The molecule has 1 amide bonds. The van der Waals surface area contributed by atoms with Gasteiger partial charge in [-0.25, -0.2) is 4.79 Å². The number of amides is 1. The van der Waals surface area contributed by atoms with E-state index in [1.807, 2.05) is 0 Å². The zero-order chi connectivity index (χ0) is 31.5. The normalized spacial score (nSPS) is 44.3. The number of carbonyl (C=O) groups is 2. The first-order valence-corrected chi connectivity index (χ1v) is 13.1.